The van der Waals surface area contributed by atoms with Crippen LogP contribution in [0.15, 0.2) is 30.5 Å². The van der Waals surface area contributed by atoms with Crippen molar-refractivity contribution in [2.45, 2.75) is 0 Å². The Morgan fingerprint density at radius 2 is 2.33 bits per heavy atom. The lowest BCUT2D eigenvalue weighted by Gasteiger charge is -2.02. The summed E-state index contributed by atoms with van der Waals surface area (Å²) in [5.41, 5.74) is 0.778. The number of halogens is 1. The fourth-order valence-electron chi connectivity index (χ4n) is 1.03. The first-order valence-corrected chi connectivity index (χ1v) is 5.95. The molecule has 2 rings (SSSR count). The van der Waals surface area contributed by atoms with Crippen molar-refractivity contribution in [1.82, 2.24) is 9.59 Å². The van der Waals surface area contributed by atoms with Crippen molar-refractivity contribution in [2.24, 2.45) is 0 Å². The van der Waals surface area contributed by atoms with E-state index in [0.29, 0.717) is 4.88 Å². The maximum absolute atomic E-state index is 11.6. The summed E-state index contributed by atoms with van der Waals surface area (Å²) in [6.45, 7) is 0. The summed E-state index contributed by atoms with van der Waals surface area (Å²) in [6.07, 6.45) is 1.45. The maximum atomic E-state index is 11.6. The summed E-state index contributed by atoms with van der Waals surface area (Å²) < 4.78 is 4.71. The first-order chi connectivity index (χ1) is 7.25. The van der Waals surface area contributed by atoms with Crippen LogP contribution in [0.1, 0.15) is 9.67 Å². The Hall–Kier alpha value is -1.02. The van der Waals surface area contributed by atoms with Gasteiger partial charge in [-0.05, 0) is 52.3 Å². The zero-order valence-corrected chi connectivity index (χ0v) is 10.4. The molecule has 0 fully saturated rings. The van der Waals surface area contributed by atoms with Gasteiger partial charge in [0.25, 0.3) is 5.91 Å². The highest BCUT2D eigenvalue weighted by molar-refractivity contribution is 14.1. The smallest absolute Gasteiger partial charge is 0.269 e. The van der Waals surface area contributed by atoms with Gasteiger partial charge >= 0.3 is 0 Å². The minimum Gasteiger partial charge on any atom is -0.321 e. The molecular formula is C9H6IN3OS. The van der Waals surface area contributed by atoms with Crippen molar-refractivity contribution in [3.05, 3.63) is 38.9 Å². The number of hydrogen-bond donors (Lipinski definition) is 1. The van der Waals surface area contributed by atoms with Gasteiger partial charge in [0.2, 0.25) is 0 Å². The number of nitrogens with zero attached hydrogens (tertiary/aromatic N) is 2. The highest BCUT2D eigenvalue weighted by atomic mass is 127. The second kappa shape index (κ2) is 4.67. The molecule has 0 saturated carbocycles. The molecule has 1 aromatic carbocycles. The van der Waals surface area contributed by atoms with Crippen LogP contribution in [0.5, 0.6) is 0 Å². The van der Waals surface area contributed by atoms with E-state index in [0.717, 1.165) is 20.8 Å². The predicted molar refractivity (Wildman–Crippen MR) is 67.0 cm³/mol. The number of anilines is 1. The van der Waals surface area contributed by atoms with E-state index in [1.807, 2.05) is 24.3 Å². The molecule has 0 aliphatic rings. The fourth-order valence-corrected chi connectivity index (χ4v) is 1.98. The highest BCUT2D eigenvalue weighted by Gasteiger charge is 2.08. The average Bonchev–Trinajstić information content (AvgIpc) is 2.70. The lowest BCUT2D eigenvalue weighted by Crippen LogP contribution is -2.10. The fraction of sp³-hybridized carbons (Fsp3) is 0. The van der Waals surface area contributed by atoms with Crippen molar-refractivity contribution >= 4 is 45.7 Å². The van der Waals surface area contributed by atoms with Crippen molar-refractivity contribution in [1.29, 1.82) is 0 Å². The summed E-state index contributed by atoms with van der Waals surface area (Å²) >= 11 is 3.27. The molecule has 0 aliphatic heterocycles. The van der Waals surface area contributed by atoms with E-state index in [2.05, 4.69) is 37.5 Å². The molecule has 15 heavy (non-hydrogen) atoms. The van der Waals surface area contributed by atoms with Crippen molar-refractivity contribution < 1.29 is 4.79 Å². The standard InChI is InChI=1S/C9H6IN3OS/c10-6-2-1-3-7(4-6)12-9(14)8-5-11-13-15-8/h1-5H,(H,12,14). The summed E-state index contributed by atoms with van der Waals surface area (Å²) in [5, 5.41) is 6.38. The summed E-state index contributed by atoms with van der Waals surface area (Å²) in [6, 6.07) is 7.59. The number of carbonyl (C=O) groups excluding carboxylic acids is 1. The molecule has 0 radical (unpaired) electrons. The summed E-state index contributed by atoms with van der Waals surface area (Å²) in [5.74, 6) is -0.174. The summed E-state index contributed by atoms with van der Waals surface area (Å²) in [7, 11) is 0. The normalized spacial score (nSPS) is 9.93. The van der Waals surface area contributed by atoms with Crippen LogP contribution in [0.3, 0.4) is 0 Å². The number of benzene rings is 1. The Labute approximate surface area is 104 Å². The van der Waals surface area contributed by atoms with Gasteiger partial charge in [0.15, 0.2) is 0 Å². The number of nitrogens with one attached hydrogen (secondary N) is 1. The third-order valence-electron chi connectivity index (χ3n) is 1.67. The predicted octanol–water partition coefficient (Wildman–Crippen LogP) is 2.40. The van der Waals surface area contributed by atoms with Gasteiger partial charge in [-0.25, -0.2) is 0 Å². The van der Waals surface area contributed by atoms with Crippen molar-refractivity contribution in [3.8, 4) is 0 Å². The number of amides is 1. The van der Waals surface area contributed by atoms with Gasteiger partial charge in [0.05, 0.1) is 6.20 Å². The minimum absolute atomic E-state index is 0.174. The quantitative estimate of drug-likeness (QED) is 0.860. The highest BCUT2D eigenvalue weighted by Crippen LogP contribution is 2.14. The number of rotatable bonds is 2. The van der Waals surface area contributed by atoms with Crippen LogP contribution in [0.4, 0.5) is 5.69 Å². The molecule has 0 saturated heterocycles. The zero-order chi connectivity index (χ0) is 10.7. The Balaban J connectivity index is 2.13. The molecule has 0 bridgehead atoms. The Kier molecular flexibility index (Phi) is 3.27. The number of hydrogen-bond acceptors (Lipinski definition) is 4. The van der Waals surface area contributed by atoms with Crippen molar-refractivity contribution in [2.75, 3.05) is 5.32 Å². The molecule has 0 spiro atoms. The molecular weight excluding hydrogens is 325 g/mol. The monoisotopic (exact) mass is 331 g/mol. The Bertz CT molecular complexity index is 472. The van der Waals surface area contributed by atoms with Crippen LogP contribution in [-0.2, 0) is 0 Å². The van der Waals surface area contributed by atoms with Gasteiger partial charge in [-0.3, -0.25) is 4.79 Å². The van der Waals surface area contributed by atoms with Gasteiger partial charge in [-0.15, -0.1) is 5.10 Å². The second-order valence-corrected chi connectivity index (χ2v) is 4.78. The van der Waals surface area contributed by atoms with E-state index in [4.69, 9.17) is 0 Å². The first-order valence-electron chi connectivity index (χ1n) is 4.10. The van der Waals surface area contributed by atoms with E-state index in [1.54, 1.807) is 0 Å². The second-order valence-electron chi connectivity index (χ2n) is 2.75. The minimum atomic E-state index is -0.174. The van der Waals surface area contributed by atoms with E-state index in [1.165, 1.54) is 6.20 Å². The third-order valence-corrected chi connectivity index (χ3v) is 3.00. The van der Waals surface area contributed by atoms with E-state index >= 15 is 0 Å². The topological polar surface area (TPSA) is 54.9 Å². The molecule has 2 aromatic rings. The molecule has 1 amide bonds. The van der Waals surface area contributed by atoms with Gasteiger partial charge in [0, 0.05) is 9.26 Å². The van der Waals surface area contributed by atoms with Gasteiger partial charge < -0.3 is 5.32 Å². The molecule has 76 valence electrons. The molecule has 6 heteroatoms. The van der Waals surface area contributed by atoms with Gasteiger partial charge in [0.1, 0.15) is 4.88 Å². The zero-order valence-electron chi connectivity index (χ0n) is 7.48. The molecule has 0 unspecified atom stereocenters. The largest absolute Gasteiger partial charge is 0.321 e. The van der Waals surface area contributed by atoms with Crippen LogP contribution in [-0.4, -0.2) is 15.5 Å². The SMILES string of the molecule is O=C(Nc1cccc(I)c1)c1cnns1. The van der Waals surface area contributed by atoms with Crippen LogP contribution in [0, 0.1) is 3.57 Å². The average molecular weight is 331 g/mol. The Morgan fingerprint density at radius 3 is 3.00 bits per heavy atom. The molecule has 1 N–H and O–H groups in total. The third kappa shape index (κ3) is 2.72. The van der Waals surface area contributed by atoms with Crippen LogP contribution in [0.2, 0.25) is 0 Å². The van der Waals surface area contributed by atoms with E-state index < -0.39 is 0 Å². The van der Waals surface area contributed by atoms with Crippen molar-refractivity contribution in [3.63, 3.8) is 0 Å². The molecule has 0 aliphatic carbocycles. The van der Waals surface area contributed by atoms with Crippen LogP contribution >= 0.6 is 34.1 Å². The number of aromatic nitrogens is 2. The lowest BCUT2D eigenvalue weighted by atomic mass is 10.3. The maximum Gasteiger partial charge on any atom is 0.269 e. The molecule has 0 atom stereocenters. The molecule has 4 nitrogen and oxygen atoms in total. The summed E-state index contributed by atoms with van der Waals surface area (Å²) in [4.78, 5) is 12.1. The van der Waals surface area contributed by atoms with E-state index in [-0.39, 0.29) is 5.91 Å². The molecule has 1 aromatic heterocycles. The molecule has 1 heterocycles. The van der Waals surface area contributed by atoms with Gasteiger partial charge in [-0.1, -0.05) is 10.6 Å². The number of carbonyl (C=O) groups is 1. The van der Waals surface area contributed by atoms with Crippen LogP contribution in [0.25, 0.3) is 0 Å². The lowest BCUT2D eigenvalue weighted by molar-refractivity contribution is 0.103. The van der Waals surface area contributed by atoms with E-state index in [9.17, 15) is 4.79 Å². The van der Waals surface area contributed by atoms with Gasteiger partial charge in [-0.2, -0.15) is 0 Å². The first kappa shape index (κ1) is 10.5. The van der Waals surface area contributed by atoms with Crippen LogP contribution < -0.4 is 5.32 Å². The Morgan fingerprint density at radius 1 is 1.47 bits per heavy atom.